The Morgan fingerprint density at radius 2 is 2.12 bits per heavy atom. The summed E-state index contributed by atoms with van der Waals surface area (Å²) in [6.45, 7) is 2.12. The minimum absolute atomic E-state index is 0.584. The van der Waals surface area contributed by atoms with Crippen molar-refractivity contribution < 1.29 is 0 Å². The number of aromatic nitrogens is 2. The molecule has 1 aromatic heterocycles. The lowest BCUT2D eigenvalue weighted by Gasteiger charge is -2.23. The molecule has 0 unspecified atom stereocenters. The number of nitrogens with zero attached hydrogens (tertiary/aromatic N) is 1. The van der Waals surface area contributed by atoms with Crippen LogP contribution in [-0.4, -0.2) is 21.1 Å². The normalized spacial score (nSPS) is 17.7. The van der Waals surface area contributed by atoms with E-state index < -0.39 is 0 Å². The van der Waals surface area contributed by atoms with Gasteiger partial charge in [-0.1, -0.05) is 6.07 Å². The highest BCUT2D eigenvalue weighted by Crippen LogP contribution is 2.30. The van der Waals surface area contributed by atoms with Gasteiger partial charge in [0, 0.05) is 6.04 Å². The fourth-order valence-corrected chi connectivity index (χ4v) is 3.99. The first-order chi connectivity index (χ1) is 8.25. The predicted octanol–water partition coefficient (Wildman–Crippen LogP) is 4.08. The molecular formula is C13H16N2S2. The van der Waals surface area contributed by atoms with Crippen molar-refractivity contribution in [2.75, 3.05) is 11.5 Å². The van der Waals surface area contributed by atoms with Crippen molar-refractivity contribution >= 4 is 35.0 Å². The Bertz CT molecular complexity index is 591. The summed E-state index contributed by atoms with van der Waals surface area (Å²) in [5, 5.41) is 0. The van der Waals surface area contributed by atoms with Crippen molar-refractivity contribution in [1.29, 1.82) is 0 Å². The van der Waals surface area contributed by atoms with E-state index >= 15 is 0 Å². The van der Waals surface area contributed by atoms with Gasteiger partial charge in [0.25, 0.3) is 0 Å². The number of hydrogen-bond donors (Lipinski definition) is 1. The fourth-order valence-electron chi connectivity index (χ4n) is 2.55. The van der Waals surface area contributed by atoms with Crippen LogP contribution in [0.25, 0.3) is 11.0 Å². The summed E-state index contributed by atoms with van der Waals surface area (Å²) in [6.07, 6.45) is 2.47. The Hall–Kier alpha value is -0.740. The van der Waals surface area contributed by atoms with Crippen molar-refractivity contribution in [1.82, 2.24) is 9.55 Å². The summed E-state index contributed by atoms with van der Waals surface area (Å²) in [6, 6.07) is 7.12. The van der Waals surface area contributed by atoms with Crippen LogP contribution in [0, 0.1) is 11.7 Å². The lowest BCUT2D eigenvalue weighted by molar-refractivity contribution is 0.476. The summed E-state index contributed by atoms with van der Waals surface area (Å²) in [5.74, 6) is 2.51. The SMILES string of the molecule is Cc1ccc2c(c1)[nH]c(=S)n2C1CCSCC1. The molecule has 0 bridgehead atoms. The second kappa shape index (κ2) is 4.50. The Kier molecular flexibility index (Phi) is 3.01. The molecular weight excluding hydrogens is 248 g/mol. The second-order valence-corrected chi connectivity index (χ2v) is 6.28. The van der Waals surface area contributed by atoms with E-state index in [2.05, 4.69) is 46.4 Å². The summed E-state index contributed by atoms with van der Waals surface area (Å²) < 4.78 is 3.20. The zero-order valence-corrected chi connectivity index (χ0v) is 11.5. The molecule has 4 heteroatoms. The van der Waals surface area contributed by atoms with Crippen LogP contribution in [0.4, 0.5) is 0 Å². The van der Waals surface area contributed by atoms with E-state index in [0.29, 0.717) is 6.04 Å². The number of rotatable bonds is 1. The van der Waals surface area contributed by atoms with Crippen molar-refractivity contribution in [3.05, 3.63) is 28.5 Å². The Balaban J connectivity index is 2.14. The Labute approximate surface area is 110 Å². The minimum atomic E-state index is 0.584. The van der Waals surface area contributed by atoms with Gasteiger partial charge in [-0.2, -0.15) is 11.8 Å². The third-order valence-electron chi connectivity index (χ3n) is 3.43. The van der Waals surface area contributed by atoms with Crippen LogP contribution in [0.2, 0.25) is 0 Å². The maximum Gasteiger partial charge on any atom is 0.178 e. The largest absolute Gasteiger partial charge is 0.331 e. The number of nitrogens with one attached hydrogen (secondary N) is 1. The number of aryl methyl sites for hydroxylation is 1. The molecule has 3 rings (SSSR count). The number of hydrogen-bond acceptors (Lipinski definition) is 2. The van der Waals surface area contributed by atoms with Gasteiger partial charge in [0.2, 0.25) is 0 Å². The fraction of sp³-hybridized carbons (Fsp3) is 0.462. The molecule has 0 spiro atoms. The number of thioether (sulfide) groups is 1. The Morgan fingerprint density at radius 1 is 1.35 bits per heavy atom. The summed E-state index contributed by atoms with van der Waals surface area (Å²) in [7, 11) is 0. The first kappa shape index (κ1) is 11.4. The number of benzene rings is 1. The molecule has 1 N–H and O–H groups in total. The summed E-state index contributed by atoms with van der Waals surface area (Å²) >= 11 is 7.53. The molecule has 1 aliphatic heterocycles. The van der Waals surface area contributed by atoms with E-state index in [4.69, 9.17) is 12.2 Å². The van der Waals surface area contributed by atoms with Crippen LogP contribution < -0.4 is 0 Å². The van der Waals surface area contributed by atoms with E-state index in [1.54, 1.807) is 0 Å². The number of aromatic amines is 1. The van der Waals surface area contributed by atoms with Crippen LogP contribution in [-0.2, 0) is 0 Å². The highest BCUT2D eigenvalue weighted by Gasteiger charge is 2.18. The number of fused-ring (bicyclic) bond motifs is 1. The lowest BCUT2D eigenvalue weighted by atomic mass is 10.1. The average Bonchev–Trinajstić information content (AvgIpc) is 2.65. The molecule has 2 nitrogen and oxygen atoms in total. The van der Waals surface area contributed by atoms with Crippen LogP contribution in [0.1, 0.15) is 24.4 Å². The topological polar surface area (TPSA) is 20.7 Å². The van der Waals surface area contributed by atoms with Crippen LogP contribution in [0.15, 0.2) is 18.2 Å². The summed E-state index contributed by atoms with van der Waals surface area (Å²) in [5.41, 5.74) is 3.71. The lowest BCUT2D eigenvalue weighted by Crippen LogP contribution is -2.15. The van der Waals surface area contributed by atoms with E-state index in [1.165, 1.54) is 40.9 Å². The van der Waals surface area contributed by atoms with E-state index in [-0.39, 0.29) is 0 Å². The monoisotopic (exact) mass is 264 g/mol. The van der Waals surface area contributed by atoms with Gasteiger partial charge >= 0.3 is 0 Å². The van der Waals surface area contributed by atoms with Crippen LogP contribution in [0.5, 0.6) is 0 Å². The Morgan fingerprint density at radius 3 is 2.88 bits per heavy atom. The molecule has 2 aromatic rings. The molecule has 1 fully saturated rings. The molecule has 0 atom stereocenters. The smallest absolute Gasteiger partial charge is 0.178 e. The summed E-state index contributed by atoms with van der Waals surface area (Å²) in [4.78, 5) is 3.34. The van der Waals surface area contributed by atoms with E-state index in [0.717, 1.165) is 4.77 Å². The van der Waals surface area contributed by atoms with Crippen molar-refractivity contribution in [2.24, 2.45) is 0 Å². The zero-order chi connectivity index (χ0) is 11.8. The van der Waals surface area contributed by atoms with E-state index in [9.17, 15) is 0 Å². The molecule has 90 valence electrons. The van der Waals surface area contributed by atoms with Crippen LogP contribution >= 0.6 is 24.0 Å². The maximum absolute atomic E-state index is 5.48. The first-order valence-electron chi connectivity index (χ1n) is 6.04. The van der Waals surface area contributed by atoms with Crippen LogP contribution in [0.3, 0.4) is 0 Å². The van der Waals surface area contributed by atoms with Gasteiger partial charge in [-0.15, -0.1) is 0 Å². The van der Waals surface area contributed by atoms with Crippen molar-refractivity contribution in [3.63, 3.8) is 0 Å². The minimum Gasteiger partial charge on any atom is -0.331 e. The quantitative estimate of drug-likeness (QED) is 0.784. The van der Waals surface area contributed by atoms with Gasteiger partial charge in [0.1, 0.15) is 0 Å². The van der Waals surface area contributed by atoms with Gasteiger partial charge in [-0.05, 0) is 61.2 Å². The highest BCUT2D eigenvalue weighted by molar-refractivity contribution is 7.99. The molecule has 0 radical (unpaired) electrons. The molecule has 1 saturated heterocycles. The molecule has 0 saturated carbocycles. The van der Waals surface area contributed by atoms with Gasteiger partial charge < -0.3 is 9.55 Å². The number of H-pyrrole nitrogens is 1. The van der Waals surface area contributed by atoms with Gasteiger partial charge in [-0.25, -0.2) is 0 Å². The second-order valence-electron chi connectivity index (χ2n) is 4.66. The zero-order valence-electron chi connectivity index (χ0n) is 9.90. The third kappa shape index (κ3) is 2.04. The molecule has 0 aliphatic carbocycles. The predicted molar refractivity (Wildman–Crippen MR) is 77.5 cm³/mol. The van der Waals surface area contributed by atoms with Gasteiger partial charge in [-0.3, -0.25) is 0 Å². The molecule has 17 heavy (non-hydrogen) atoms. The van der Waals surface area contributed by atoms with Crippen molar-refractivity contribution in [3.8, 4) is 0 Å². The molecule has 2 heterocycles. The van der Waals surface area contributed by atoms with Gasteiger partial charge in [0.05, 0.1) is 11.0 Å². The molecule has 0 amide bonds. The molecule has 1 aromatic carbocycles. The first-order valence-corrected chi connectivity index (χ1v) is 7.60. The molecule has 1 aliphatic rings. The third-order valence-corrected chi connectivity index (χ3v) is 4.78. The maximum atomic E-state index is 5.48. The van der Waals surface area contributed by atoms with Gasteiger partial charge in [0.15, 0.2) is 4.77 Å². The standard InChI is InChI=1S/C13H16N2S2/c1-9-2-3-12-11(8-9)14-13(16)15(12)10-4-6-17-7-5-10/h2-3,8,10H,4-7H2,1H3,(H,14,16). The highest BCUT2D eigenvalue weighted by atomic mass is 32.2. The van der Waals surface area contributed by atoms with E-state index in [1.807, 2.05) is 0 Å². The van der Waals surface area contributed by atoms with Crippen molar-refractivity contribution in [2.45, 2.75) is 25.8 Å². The number of imidazole rings is 1. The average molecular weight is 264 g/mol.